The first-order valence-electron chi connectivity index (χ1n) is 11.2. The average Bonchev–Trinajstić information content (AvgIpc) is 3.15. The van der Waals surface area contributed by atoms with Crippen LogP contribution < -0.4 is 22.1 Å². The average molecular weight is 447 g/mol. The van der Waals surface area contributed by atoms with Crippen molar-refractivity contribution in [1.82, 2.24) is 20.4 Å². The Kier molecular flexibility index (Phi) is 6.74. The van der Waals surface area contributed by atoms with Gasteiger partial charge in [-0.05, 0) is 56.0 Å². The highest BCUT2D eigenvalue weighted by atomic mass is 16.2. The van der Waals surface area contributed by atoms with Crippen LogP contribution in [0.1, 0.15) is 44.7 Å². The smallest absolute Gasteiger partial charge is 0.254 e. The molecule has 2 heterocycles. The minimum Gasteiger partial charge on any atom is -0.383 e. The van der Waals surface area contributed by atoms with Gasteiger partial charge >= 0.3 is 0 Å². The summed E-state index contributed by atoms with van der Waals surface area (Å²) in [6, 6.07) is 15.0. The predicted molar refractivity (Wildman–Crippen MR) is 129 cm³/mol. The maximum Gasteiger partial charge on any atom is 0.254 e. The number of benzene rings is 2. The molecule has 8 nitrogen and oxygen atoms in total. The number of nitrogens with one attached hydrogen (secondary N) is 2. The van der Waals surface area contributed by atoms with E-state index < -0.39 is 5.91 Å². The minimum atomic E-state index is -0.593. The maximum atomic E-state index is 12.5. The number of aryl methyl sites for hydroxylation is 1. The lowest BCUT2D eigenvalue weighted by atomic mass is 10.00. The van der Waals surface area contributed by atoms with E-state index in [2.05, 4.69) is 15.7 Å². The van der Waals surface area contributed by atoms with Crippen LogP contribution in [0.4, 0.5) is 5.82 Å². The molecule has 1 atom stereocenters. The number of anilines is 1. The molecule has 33 heavy (non-hydrogen) atoms. The molecule has 1 aromatic heterocycles. The van der Waals surface area contributed by atoms with Crippen molar-refractivity contribution in [2.24, 2.45) is 11.7 Å². The Morgan fingerprint density at radius 3 is 2.61 bits per heavy atom. The number of rotatable bonds is 7. The van der Waals surface area contributed by atoms with Gasteiger partial charge in [0.25, 0.3) is 11.8 Å². The lowest BCUT2D eigenvalue weighted by Gasteiger charge is -2.22. The second kappa shape index (κ2) is 9.87. The largest absolute Gasteiger partial charge is 0.383 e. The molecule has 4 rings (SSSR count). The van der Waals surface area contributed by atoms with E-state index in [1.54, 1.807) is 4.68 Å². The van der Waals surface area contributed by atoms with Gasteiger partial charge in [-0.3, -0.25) is 9.59 Å². The Hall–Kier alpha value is -3.65. The summed E-state index contributed by atoms with van der Waals surface area (Å²) in [7, 11) is 0. The zero-order valence-corrected chi connectivity index (χ0v) is 18.8. The van der Waals surface area contributed by atoms with Crippen molar-refractivity contribution in [3.8, 4) is 11.3 Å². The number of primary amides is 1. The molecule has 2 aromatic carbocycles. The first-order valence-corrected chi connectivity index (χ1v) is 11.2. The Bertz CT molecular complexity index is 1150. The lowest BCUT2D eigenvalue weighted by Crippen LogP contribution is -2.32. The molecule has 1 aliphatic heterocycles. The quantitative estimate of drug-likeness (QED) is 0.443. The summed E-state index contributed by atoms with van der Waals surface area (Å²) >= 11 is 0. The SMILES string of the molecule is Cc1ccccc1C(=O)NCc1ccc(-c2nn(CC3CCCNC3)c(N)c2C(N)=O)cc1. The number of nitrogens with two attached hydrogens (primary N) is 2. The van der Waals surface area contributed by atoms with Gasteiger partial charge in [0, 0.05) is 24.2 Å². The van der Waals surface area contributed by atoms with Crippen LogP contribution in [0, 0.1) is 12.8 Å². The van der Waals surface area contributed by atoms with E-state index in [1.807, 2.05) is 55.5 Å². The number of carbonyl (C=O) groups is 2. The van der Waals surface area contributed by atoms with Crippen molar-refractivity contribution in [1.29, 1.82) is 0 Å². The molecular weight excluding hydrogens is 416 g/mol. The van der Waals surface area contributed by atoms with Crippen molar-refractivity contribution >= 4 is 17.6 Å². The lowest BCUT2D eigenvalue weighted by molar-refractivity contribution is 0.0949. The third-order valence-corrected chi connectivity index (χ3v) is 6.14. The first kappa shape index (κ1) is 22.5. The van der Waals surface area contributed by atoms with Gasteiger partial charge in [0.05, 0.1) is 0 Å². The molecule has 0 saturated carbocycles. The third-order valence-electron chi connectivity index (χ3n) is 6.14. The van der Waals surface area contributed by atoms with Gasteiger partial charge in [-0.2, -0.15) is 5.10 Å². The van der Waals surface area contributed by atoms with Crippen molar-refractivity contribution in [3.63, 3.8) is 0 Å². The Balaban J connectivity index is 1.49. The number of nitrogen functional groups attached to an aromatic ring is 1. The van der Waals surface area contributed by atoms with Crippen LogP contribution in [-0.4, -0.2) is 34.7 Å². The molecule has 3 aromatic rings. The summed E-state index contributed by atoms with van der Waals surface area (Å²) < 4.78 is 1.70. The van der Waals surface area contributed by atoms with Gasteiger partial charge in [0.1, 0.15) is 17.1 Å². The number of carbonyl (C=O) groups excluding carboxylic acids is 2. The highest BCUT2D eigenvalue weighted by Gasteiger charge is 2.23. The fraction of sp³-hybridized carbons (Fsp3) is 0.320. The normalized spacial score (nSPS) is 15.8. The van der Waals surface area contributed by atoms with Gasteiger partial charge in [-0.1, -0.05) is 42.5 Å². The van der Waals surface area contributed by atoms with Gasteiger partial charge in [0.15, 0.2) is 0 Å². The van der Waals surface area contributed by atoms with Crippen LogP contribution in [0.2, 0.25) is 0 Å². The standard InChI is InChI=1S/C25H30N6O2/c1-16-5-2-3-7-20(16)25(33)29-14-17-8-10-19(11-9-17)22-21(24(27)32)23(26)31(30-22)15-18-6-4-12-28-13-18/h2-3,5,7-11,18,28H,4,6,12-15,26H2,1H3,(H2,27,32)(H,29,33). The summed E-state index contributed by atoms with van der Waals surface area (Å²) in [6.45, 7) is 4.88. The summed E-state index contributed by atoms with van der Waals surface area (Å²) in [6.07, 6.45) is 2.21. The highest BCUT2D eigenvalue weighted by Crippen LogP contribution is 2.28. The zero-order valence-electron chi connectivity index (χ0n) is 18.8. The molecule has 1 unspecified atom stereocenters. The monoisotopic (exact) mass is 446 g/mol. The molecule has 1 aliphatic rings. The topological polar surface area (TPSA) is 128 Å². The molecule has 0 radical (unpaired) electrons. The second-order valence-corrected chi connectivity index (χ2v) is 8.56. The molecule has 1 saturated heterocycles. The summed E-state index contributed by atoms with van der Waals surface area (Å²) in [5.74, 6) is 0.00779. The van der Waals surface area contributed by atoms with E-state index in [9.17, 15) is 9.59 Å². The molecule has 172 valence electrons. The van der Waals surface area contributed by atoms with Crippen molar-refractivity contribution in [2.75, 3.05) is 18.8 Å². The Morgan fingerprint density at radius 2 is 1.94 bits per heavy atom. The number of aromatic nitrogens is 2. The van der Waals surface area contributed by atoms with Crippen LogP contribution in [0.5, 0.6) is 0 Å². The van der Waals surface area contributed by atoms with E-state index in [4.69, 9.17) is 11.5 Å². The van der Waals surface area contributed by atoms with Crippen LogP contribution in [0.3, 0.4) is 0 Å². The Morgan fingerprint density at radius 1 is 1.18 bits per heavy atom. The molecule has 6 N–H and O–H groups in total. The van der Waals surface area contributed by atoms with Crippen LogP contribution in [0.15, 0.2) is 48.5 Å². The van der Waals surface area contributed by atoms with Crippen molar-refractivity contribution < 1.29 is 9.59 Å². The van der Waals surface area contributed by atoms with Gasteiger partial charge in [-0.15, -0.1) is 0 Å². The number of hydrogen-bond donors (Lipinski definition) is 4. The summed E-state index contributed by atoms with van der Waals surface area (Å²) in [4.78, 5) is 24.6. The molecule has 8 heteroatoms. The highest BCUT2D eigenvalue weighted by molar-refractivity contribution is 6.03. The molecule has 0 spiro atoms. The van der Waals surface area contributed by atoms with E-state index in [1.165, 1.54) is 0 Å². The fourth-order valence-electron chi connectivity index (χ4n) is 4.27. The molecule has 0 bridgehead atoms. The maximum absolute atomic E-state index is 12.5. The summed E-state index contributed by atoms with van der Waals surface area (Å²) in [5, 5.41) is 11.0. The Labute approximate surface area is 193 Å². The third kappa shape index (κ3) is 5.06. The zero-order chi connectivity index (χ0) is 23.4. The number of amides is 2. The predicted octanol–water partition coefficient (Wildman–Crippen LogP) is 2.47. The minimum absolute atomic E-state index is 0.114. The molecular formula is C25H30N6O2. The second-order valence-electron chi connectivity index (χ2n) is 8.56. The van der Waals surface area contributed by atoms with E-state index in [-0.39, 0.29) is 11.5 Å². The van der Waals surface area contributed by atoms with Crippen molar-refractivity contribution in [2.45, 2.75) is 32.9 Å². The van der Waals surface area contributed by atoms with Crippen molar-refractivity contribution in [3.05, 3.63) is 70.8 Å². The fourth-order valence-corrected chi connectivity index (χ4v) is 4.27. The molecule has 1 fully saturated rings. The van der Waals surface area contributed by atoms with E-state index >= 15 is 0 Å². The molecule has 0 aliphatic carbocycles. The van der Waals surface area contributed by atoms with E-state index in [0.717, 1.165) is 42.6 Å². The van der Waals surface area contributed by atoms with Gasteiger partial charge < -0.3 is 22.1 Å². The number of piperidine rings is 1. The van der Waals surface area contributed by atoms with Gasteiger partial charge in [-0.25, -0.2) is 4.68 Å². The summed E-state index contributed by atoms with van der Waals surface area (Å²) in [5.41, 5.74) is 15.9. The molecule has 2 amide bonds. The number of nitrogens with zero attached hydrogens (tertiary/aromatic N) is 2. The van der Waals surface area contributed by atoms with E-state index in [0.29, 0.717) is 36.1 Å². The van der Waals surface area contributed by atoms with Crippen LogP contribution in [0.25, 0.3) is 11.3 Å². The van der Waals surface area contributed by atoms with Gasteiger partial charge in [0.2, 0.25) is 0 Å². The van der Waals surface area contributed by atoms with Crippen LogP contribution in [-0.2, 0) is 13.1 Å². The number of hydrogen-bond acceptors (Lipinski definition) is 5. The first-order chi connectivity index (χ1) is 15.9. The van der Waals surface area contributed by atoms with Crippen LogP contribution >= 0.6 is 0 Å².